The summed E-state index contributed by atoms with van der Waals surface area (Å²) in [4.78, 5) is 13.1. The fourth-order valence-corrected chi connectivity index (χ4v) is 13.1. The first-order chi connectivity index (χ1) is 24.0. The molecule has 2 aromatic carbocycles. The lowest BCUT2D eigenvalue weighted by atomic mass is 9.33. The van der Waals surface area contributed by atoms with E-state index in [1.54, 1.807) is 5.57 Å². The summed E-state index contributed by atoms with van der Waals surface area (Å²) in [5.74, 6) is 0.387. The van der Waals surface area contributed by atoms with E-state index >= 15 is 0 Å². The molecule has 5 aliphatic rings. The minimum absolute atomic E-state index is 0.119. The first kappa shape index (κ1) is 36.9. The van der Waals surface area contributed by atoms with Gasteiger partial charge in [-0.05, 0) is 102 Å². The number of carbonyl (C=O) groups is 1. The van der Waals surface area contributed by atoms with E-state index < -0.39 is 5.79 Å². The van der Waals surface area contributed by atoms with E-state index in [2.05, 4.69) is 116 Å². The predicted octanol–water partition coefficient (Wildman–Crippen LogP) is 11.9. The van der Waals surface area contributed by atoms with Crippen LogP contribution in [0.5, 0.6) is 0 Å². The zero-order valence-corrected chi connectivity index (χ0v) is 33.3. The van der Waals surface area contributed by atoms with E-state index in [0.29, 0.717) is 37.4 Å². The predicted molar refractivity (Wildman–Crippen MR) is 205 cm³/mol. The van der Waals surface area contributed by atoms with Crippen LogP contribution < -0.4 is 0 Å². The summed E-state index contributed by atoms with van der Waals surface area (Å²) in [5.41, 5.74) is 4.66. The van der Waals surface area contributed by atoms with Crippen LogP contribution in [0, 0.1) is 50.2 Å². The summed E-state index contributed by atoms with van der Waals surface area (Å²) in [6.45, 7) is 23.2. The van der Waals surface area contributed by atoms with Gasteiger partial charge >= 0.3 is 5.97 Å². The standard InChI is InChI=1S/C47H66O4/c1-10-40(48)51-47(50-32-34-19-15-12-16-20-34)28-26-44(7)37(42(47,4)5)23-24-46(9)38(44)22-21-35-36-29-41(2,3)30-39(43(36,6)25-27-45(35,46)8)49-31-33-17-13-11-14-18-33/h11-21,36-39H,10,22-32H2,1-9H3/t36-,37?,38-,39-,43-,44+,45-,46-,47-/m1/s1. The van der Waals surface area contributed by atoms with E-state index in [9.17, 15) is 4.79 Å². The summed E-state index contributed by atoms with van der Waals surface area (Å²) in [5, 5.41) is 0. The highest BCUT2D eigenvalue weighted by molar-refractivity contribution is 5.69. The molecule has 1 unspecified atom stereocenters. The average molecular weight is 695 g/mol. The number of allylic oxidation sites excluding steroid dienone is 2. The molecule has 0 aliphatic heterocycles. The van der Waals surface area contributed by atoms with E-state index in [1.807, 2.05) is 13.0 Å². The van der Waals surface area contributed by atoms with Crippen molar-refractivity contribution in [1.29, 1.82) is 0 Å². The normalized spacial score (nSPS) is 40.8. The number of benzene rings is 2. The Kier molecular flexibility index (Phi) is 9.31. The van der Waals surface area contributed by atoms with Crippen molar-refractivity contribution in [1.82, 2.24) is 0 Å². The third-order valence-electron chi connectivity index (χ3n) is 16.4. The van der Waals surface area contributed by atoms with E-state index in [0.717, 1.165) is 37.7 Å². The van der Waals surface area contributed by atoms with Crippen LogP contribution in [0.4, 0.5) is 0 Å². The van der Waals surface area contributed by atoms with Crippen molar-refractivity contribution in [3.63, 3.8) is 0 Å². The minimum Gasteiger partial charge on any atom is -0.432 e. The molecule has 0 radical (unpaired) electrons. The Morgan fingerprint density at radius 2 is 1.35 bits per heavy atom. The molecule has 0 spiro atoms. The van der Waals surface area contributed by atoms with Gasteiger partial charge in [-0.2, -0.15) is 0 Å². The van der Waals surface area contributed by atoms with Crippen LogP contribution in [0.25, 0.3) is 0 Å². The van der Waals surface area contributed by atoms with Gasteiger partial charge in [0.15, 0.2) is 0 Å². The lowest BCUT2D eigenvalue weighted by molar-refractivity contribution is -0.339. The van der Waals surface area contributed by atoms with Crippen LogP contribution >= 0.6 is 0 Å². The topological polar surface area (TPSA) is 44.8 Å². The molecule has 4 nitrogen and oxygen atoms in total. The first-order valence-electron chi connectivity index (χ1n) is 20.3. The number of hydrogen-bond acceptors (Lipinski definition) is 4. The monoisotopic (exact) mass is 694 g/mol. The van der Waals surface area contributed by atoms with Gasteiger partial charge in [-0.3, -0.25) is 4.79 Å². The number of fused-ring (bicyclic) bond motifs is 7. The summed E-state index contributed by atoms with van der Waals surface area (Å²) in [6.07, 6.45) is 13.4. The Balaban J connectivity index is 1.20. The molecule has 2 aromatic rings. The van der Waals surface area contributed by atoms with Crippen LogP contribution in [-0.2, 0) is 32.2 Å². The molecule has 0 N–H and O–H groups in total. The molecule has 0 aromatic heterocycles. The summed E-state index contributed by atoms with van der Waals surface area (Å²) >= 11 is 0. The lowest BCUT2D eigenvalue weighted by Crippen LogP contribution is -2.68. The SMILES string of the molecule is CCC(=O)O[C@]1(OCc2ccccc2)CC[C@@]2(C)C(CC[C@]3(C)[C@@H]2CC=C2[C@H]4CC(C)(C)C[C@@H](OCc5ccccc5)[C@]4(C)CC[C@]23C)C1(C)C. The maximum Gasteiger partial charge on any atom is 0.308 e. The molecule has 7 rings (SSSR count). The molecular formula is C47H66O4. The van der Waals surface area contributed by atoms with E-state index in [-0.39, 0.29) is 44.6 Å². The second-order valence-corrected chi connectivity index (χ2v) is 19.8. The minimum atomic E-state index is -0.942. The molecule has 5 aliphatic carbocycles. The zero-order valence-electron chi connectivity index (χ0n) is 33.3. The van der Waals surface area contributed by atoms with Crippen molar-refractivity contribution in [2.24, 2.45) is 50.2 Å². The second kappa shape index (κ2) is 12.9. The Morgan fingerprint density at radius 1 is 0.725 bits per heavy atom. The lowest BCUT2D eigenvalue weighted by Gasteiger charge is -2.72. The van der Waals surface area contributed by atoms with Gasteiger partial charge in [-0.25, -0.2) is 0 Å². The Bertz CT molecular complexity index is 1610. The number of ether oxygens (including phenoxy) is 3. The fraction of sp³-hybridized carbons (Fsp3) is 0.681. The first-order valence-corrected chi connectivity index (χ1v) is 20.3. The molecule has 51 heavy (non-hydrogen) atoms. The van der Waals surface area contributed by atoms with Gasteiger partial charge in [-0.15, -0.1) is 0 Å². The van der Waals surface area contributed by atoms with E-state index in [4.69, 9.17) is 14.2 Å². The molecule has 4 saturated carbocycles. The Labute approximate surface area is 309 Å². The third-order valence-corrected chi connectivity index (χ3v) is 16.4. The Hall–Kier alpha value is -2.43. The number of esters is 1. The van der Waals surface area contributed by atoms with Crippen LogP contribution in [0.3, 0.4) is 0 Å². The average Bonchev–Trinajstić information content (AvgIpc) is 3.09. The Morgan fingerprint density at radius 3 is 2.00 bits per heavy atom. The number of rotatable bonds is 8. The molecule has 4 heteroatoms. The van der Waals surface area contributed by atoms with Crippen LogP contribution in [0.1, 0.15) is 138 Å². The van der Waals surface area contributed by atoms with Gasteiger partial charge in [0.05, 0.1) is 19.3 Å². The molecule has 0 amide bonds. The summed E-state index contributed by atoms with van der Waals surface area (Å²) in [6, 6.07) is 21.1. The molecule has 9 atom stereocenters. The molecule has 0 saturated heterocycles. The van der Waals surface area contributed by atoms with Crippen LogP contribution in [0.15, 0.2) is 72.3 Å². The number of carbonyl (C=O) groups excluding carboxylic acids is 1. The van der Waals surface area contributed by atoms with Crippen molar-refractivity contribution < 1.29 is 19.0 Å². The van der Waals surface area contributed by atoms with Gasteiger partial charge < -0.3 is 14.2 Å². The maximum atomic E-state index is 13.1. The van der Waals surface area contributed by atoms with Gasteiger partial charge in [-0.1, -0.05) is 135 Å². The van der Waals surface area contributed by atoms with Crippen molar-refractivity contribution in [3.8, 4) is 0 Å². The van der Waals surface area contributed by atoms with Crippen molar-refractivity contribution in [2.75, 3.05) is 0 Å². The summed E-state index contributed by atoms with van der Waals surface area (Å²) in [7, 11) is 0. The van der Waals surface area contributed by atoms with E-state index in [1.165, 1.54) is 31.2 Å². The molecular weight excluding hydrogens is 629 g/mol. The van der Waals surface area contributed by atoms with Crippen molar-refractivity contribution in [3.05, 3.63) is 83.4 Å². The largest absolute Gasteiger partial charge is 0.432 e. The van der Waals surface area contributed by atoms with Gasteiger partial charge in [0.1, 0.15) is 0 Å². The third kappa shape index (κ3) is 5.79. The van der Waals surface area contributed by atoms with Crippen molar-refractivity contribution >= 4 is 5.97 Å². The second-order valence-electron chi connectivity index (χ2n) is 19.8. The highest BCUT2D eigenvalue weighted by Crippen LogP contribution is 2.76. The molecule has 4 fully saturated rings. The maximum absolute atomic E-state index is 13.1. The highest BCUT2D eigenvalue weighted by atomic mass is 16.7. The van der Waals surface area contributed by atoms with Gasteiger partial charge in [0, 0.05) is 23.7 Å². The number of hydrogen-bond donors (Lipinski definition) is 0. The van der Waals surface area contributed by atoms with Crippen molar-refractivity contribution in [2.45, 2.75) is 152 Å². The quantitative estimate of drug-likeness (QED) is 0.157. The van der Waals surface area contributed by atoms with Gasteiger partial charge in [0.25, 0.3) is 0 Å². The molecule has 0 bridgehead atoms. The molecule has 278 valence electrons. The molecule has 0 heterocycles. The van der Waals surface area contributed by atoms with Gasteiger partial charge in [0.2, 0.25) is 5.79 Å². The fourth-order valence-electron chi connectivity index (χ4n) is 13.1. The van der Waals surface area contributed by atoms with Crippen LogP contribution in [0.2, 0.25) is 0 Å². The summed E-state index contributed by atoms with van der Waals surface area (Å²) < 4.78 is 20.3. The highest BCUT2D eigenvalue weighted by Gasteiger charge is 2.71. The zero-order chi connectivity index (χ0) is 36.5. The van der Waals surface area contributed by atoms with Crippen LogP contribution in [-0.4, -0.2) is 17.9 Å². The smallest absolute Gasteiger partial charge is 0.308 e.